The van der Waals surface area contributed by atoms with Crippen LogP contribution in [0.2, 0.25) is 0 Å². The molecule has 0 aliphatic rings. The zero-order valence-electron chi connectivity index (χ0n) is 47.2. The lowest BCUT2D eigenvalue weighted by Crippen LogP contribution is -2.01. The number of rotatable bonds is 10. The average molecular weight is 1100 g/mol. The molecule has 0 unspecified atom stereocenters. The number of nitrogens with zero attached hydrogens (tertiary/aromatic N) is 9. The van der Waals surface area contributed by atoms with Crippen LogP contribution in [0.1, 0.15) is 17.2 Å². The average Bonchev–Trinajstić information content (AvgIpc) is 3.73. The molecular weight excluding hydrogens is 1040 g/mol. The summed E-state index contributed by atoms with van der Waals surface area (Å²) < 4.78 is 0. The second-order valence-electron chi connectivity index (χ2n) is 20.4. The lowest BCUT2D eigenvalue weighted by Gasteiger charge is -2.09. The predicted molar refractivity (Wildman–Crippen MR) is 346 cm³/mol. The first kappa shape index (κ1) is 54.3. The monoisotopic (exact) mass is 1100 g/mol. The molecule has 85 heavy (non-hydrogen) atoms. The molecule has 6 aromatic heterocycles. The molecule has 406 valence electrons. The van der Waals surface area contributed by atoms with Gasteiger partial charge in [-0.15, -0.1) is 0 Å². The predicted octanol–water partition coefficient (Wildman–Crippen LogP) is 18.4. The highest BCUT2D eigenvalue weighted by Crippen LogP contribution is 2.31. The maximum absolute atomic E-state index is 4.66. The summed E-state index contributed by atoms with van der Waals surface area (Å²) in [5.41, 5.74) is 20.0. The number of fused-ring (bicyclic) bond motifs is 1. The SMILES string of the molecule is Cc1cc(-c2ccc(-c3ccccc3)cc2)cc(-c2ccccn2)c1.Cc1nc(-c2ccc(-c3ccccc3)cn2)nc(-c2ccc(-c3ccccc3)cn2)n1.Cc1nc(-c2ccc3ccccc3c2)cc(-c2ccc(-c3ccccc3)cn2)n1. The van der Waals surface area contributed by atoms with Gasteiger partial charge in [-0.25, -0.2) is 24.9 Å². The van der Waals surface area contributed by atoms with Crippen molar-refractivity contribution >= 4 is 10.8 Å². The van der Waals surface area contributed by atoms with Crippen molar-refractivity contribution in [2.45, 2.75) is 20.8 Å². The molecule has 14 rings (SSSR count). The minimum atomic E-state index is 0.538. The minimum absolute atomic E-state index is 0.538. The van der Waals surface area contributed by atoms with Gasteiger partial charge in [0.1, 0.15) is 23.0 Å². The van der Waals surface area contributed by atoms with Crippen LogP contribution in [0.15, 0.2) is 292 Å². The zero-order chi connectivity index (χ0) is 57.7. The van der Waals surface area contributed by atoms with E-state index in [-0.39, 0.29) is 0 Å². The Morgan fingerprint density at radius 1 is 0.212 bits per heavy atom. The van der Waals surface area contributed by atoms with Gasteiger partial charge in [0.25, 0.3) is 0 Å². The van der Waals surface area contributed by atoms with Crippen molar-refractivity contribution in [2.24, 2.45) is 0 Å². The Labute approximate surface area is 495 Å². The first-order valence-electron chi connectivity index (χ1n) is 28.1. The molecule has 0 atom stereocenters. The third-order valence-electron chi connectivity index (χ3n) is 14.3. The van der Waals surface area contributed by atoms with Gasteiger partial charge in [-0.3, -0.25) is 19.9 Å². The van der Waals surface area contributed by atoms with Crippen LogP contribution in [0.5, 0.6) is 0 Å². The fraction of sp³-hybridized carbons (Fsp3) is 0.0395. The van der Waals surface area contributed by atoms with E-state index in [2.05, 4.69) is 210 Å². The number of aryl methyl sites for hydroxylation is 3. The molecule has 14 aromatic rings. The maximum atomic E-state index is 4.66. The van der Waals surface area contributed by atoms with Crippen molar-refractivity contribution in [1.29, 1.82) is 0 Å². The number of hydrogen-bond donors (Lipinski definition) is 0. The highest BCUT2D eigenvalue weighted by atomic mass is 15.1. The summed E-state index contributed by atoms with van der Waals surface area (Å²) in [4.78, 5) is 41.2. The van der Waals surface area contributed by atoms with Crippen LogP contribution in [0, 0.1) is 20.8 Å². The van der Waals surface area contributed by atoms with Gasteiger partial charge >= 0.3 is 0 Å². The van der Waals surface area contributed by atoms with E-state index in [0.717, 1.165) is 73.1 Å². The Morgan fingerprint density at radius 3 is 1.13 bits per heavy atom. The molecule has 9 heteroatoms. The number of aromatic nitrogens is 9. The van der Waals surface area contributed by atoms with E-state index in [0.29, 0.717) is 28.9 Å². The summed E-state index contributed by atoms with van der Waals surface area (Å²) in [5, 5.41) is 2.42. The van der Waals surface area contributed by atoms with Crippen LogP contribution in [0.4, 0.5) is 0 Å². The molecule has 0 fully saturated rings. The summed E-state index contributed by atoms with van der Waals surface area (Å²) in [6.45, 7) is 5.91. The van der Waals surface area contributed by atoms with Crippen LogP contribution < -0.4 is 0 Å². The van der Waals surface area contributed by atoms with E-state index >= 15 is 0 Å². The highest BCUT2D eigenvalue weighted by Gasteiger charge is 2.13. The van der Waals surface area contributed by atoms with E-state index in [4.69, 9.17) is 0 Å². The van der Waals surface area contributed by atoms with Crippen LogP contribution in [-0.4, -0.2) is 44.9 Å². The zero-order valence-corrected chi connectivity index (χ0v) is 47.2. The topological polar surface area (TPSA) is 116 Å². The van der Waals surface area contributed by atoms with E-state index in [9.17, 15) is 0 Å². The molecule has 0 aliphatic heterocycles. The van der Waals surface area contributed by atoms with Crippen LogP contribution >= 0.6 is 0 Å². The normalized spacial score (nSPS) is 10.8. The molecular formula is C76H57N9. The summed E-state index contributed by atoms with van der Waals surface area (Å²) >= 11 is 0. The molecule has 0 aliphatic carbocycles. The first-order chi connectivity index (χ1) is 41.8. The number of benzene rings is 8. The largest absolute Gasteiger partial charge is 0.256 e. The maximum Gasteiger partial charge on any atom is 0.182 e. The molecule has 0 N–H and O–H groups in total. The van der Waals surface area contributed by atoms with Crippen molar-refractivity contribution in [3.8, 4) is 113 Å². The van der Waals surface area contributed by atoms with Crippen LogP contribution in [-0.2, 0) is 0 Å². The third-order valence-corrected chi connectivity index (χ3v) is 14.3. The van der Waals surface area contributed by atoms with E-state index < -0.39 is 0 Å². The summed E-state index contributed by atoms with van der Waals surface area (Å²) in [7, 11) is 0. The summed E-state index contributed by atoms with van der Waals surface area (Å²) in [6.07, 6.45) is 7.43. The molecule has 0 radical (unpaired) electrons. The summed E-state index contributed by atoms with van der Waals surface area (Å²) in [5.74, 6) is 2.44. The second-order valence-corrected chi connectivity index (χ2v) is 20.4. The van der Waals surface area contributed by atoms with Gasteiger partial charge in [-0.2, -0.15) is 0 Å². The Kier molecular flexibility index (Phi) is 16.4. The third kappa shape index (κ3) is 13.4. The van der Waals surface area contributed by atoms with Crippen molar-refractivity contribution in [2.75, 3.05) is 0 Å². The number of pyridine rings is 4. The van der Waals surface area contributed by atoms with Gasteiger partial charge < -0.3 is 0 Å². The van der Waals surface area contributed by atoms with Gasteiger partial charge in [0, 0.05) is 52.6 Å². The van der Waals surface area contributed by atoms with E-state index in [1.54, 1.807) is 0 Å². The number of hydrogen-bond acceptors (Lipinski definition) is 9. The molecule has 6 heterocycles. The standard InChI is InChI=1S/C26H19N5.C26H19N3.C24H19N/c1-18-29-25(23-14-12-21(16-27-23)19-8-4-2-5-9-19)31-26(30-18)24-15-13-22(17-28-24)20-10-6-3-7-11-20;1-18-28-25(22-12-11-20-9-5-6-10-21(20)15-22)16-26(29-18)24-14-13-23(17-27-24)19-7-3-2-4-8-19;1-18-15-22(17-23(16-18)24-9-5-6-14-25-24)21-12-10-20(11-13-21)19-7-3-2-4-8-19/h2-17H,1H3;2-17H,1H3;2-17H,1H3. The molecule has 0 amide bonds. The molecule has 9 nitrogen and oxygen atoms in total. The minimum Gasteiger partial charge on any atom is -0.256 e. The van der Waals surface area contributed by atoms with Gasteiger partial charge in [-0.05, 0) is 131 Å². The quantitative estimate of drug-likeness (QED) is 0.132. The highest BCUT2D eigenvalue weighted by molar-refractivity contribution is 5.87. The molecule has 0 spiro atoms. The lowest BCUT2D eigenvalue weighted by atomic mass is 9.96. The van der Waals surface area contributed by atoms with Gasteiger partial charge in [0.2, 0.25) is 0 Å². The van der Waals surface area contributed by atoms with Gasteiger partial charge in [0.05, 0.1) is 22.8 Å². The van der Waals surface area contributed by atoms with E-state index in [1.807, 2.05) is 148 Å². The van der Waals surface area contributed by atoms with E-state index in [1.165, 1.54) is 38.6 Å². The fourth-order valence-electron chi connectivity index (χ4n) is 10.0. The van der Waals surface area contributed by atoms with Crippen molar-refractivity contribution in [3.05, 3.63) is 309 Å². The lowest BCUT2D eigenvalue weighted by molar-refractivity contribution is 0.976. The van der Waals surface area contributed by atoms with Crippen molar-refractivity contribution < 1.29 is 0 Å². The fourth-order valence-corrected chi connectivity index (χ4v) is 10.0. The molecule has 0 saturated carbocycles. The Bertz CT molecular complexity index is 4390. The Morgan fingerprint density at radius 2 is 0.624 bits per heavy atom. The van der Waals surface area contributed by atoms with Crippen molar-refractivity contribution in [3.63, 3.8) is 0 Å². The smallest absolute Gasteiger partial charge is 0.182 e. The second kappa shape index (κ2) is 25.7. The first-order valence-corrected chi connectivity index (χ1v) is 28.1. The Balaban J connectivity index is 0.000000126. The van der Waals surface area contributed by atoms with Gasteiger partial charge in [-0.1, -0.05) is 212 Å². The Hall–Kier alpha value is -11.3. The molecule has 0 saturated heterocycles. The molecule has 8 aromatic carbocycles. The van der Waals surface area contributed by atoms with Gasteiger partial charge in [0.15, 0.2) is 11.6 Å². The summed E-state index contributed by atoms with van der Waals surface area (Å²) in [6, 6.07) is 91.3. The van der Waals surface area contributed by atoms with Crippen LogP contribution in [0.25, 0.3) is 123 Å². The van der Waals surface area contributed by atoms with Crippen molar-refractivity contribution in [1.82, 2.24) is 44.9 Å². The molecule has 0 bridgehead atoms. The van der Waals surface area contributed by atoms with Crippen LogP contribution in [0.3, 0.4) is 0 Å².